The average molecular weight is 362 g/mol. The molecule has 1 aromatic heterocycles. The van der Waals surface area contributed by atoms with Crippen LogP contribution in [0.1, 0.15) is 11.1 Å². The van der Waals surface area contributed by atoms with Gasteiger partial charge in [0.15, 0.2) is 0 Å². The third kappa shape index (κ3) is 2.97. The maximum Gasteiger partial charge on any atom is 0.131 e. The van der Waals surface area contributed by atoms with Crippen molar-refractivity contribution >= 4 is 22.5 Å². The summed E-state index contributed by atoms with van der Waals surface area (Å²) in [5, 5.41) is 1.45. The zero-order chi connectivity index (χ0) is 18.3. The highest BCUT2D eigenvalue weighted by molar-refractivity contribution is 6.31. The van der Waals surface area contributed by atoms with E-state index >= 15 is 0 Å². The van der Waals surface area contributed by atoms with Crippen LogP contribution in [-0.4, -0.2) is 4.98 Å². The number of halogens is 2. The maximum absolute atomic E-state index is 14.5. The van der Waals surface area contributed by atoms with E-state index in [9.17, 15) is 4.39 Å². The summed E-state index contributed by atoms with van der Waals surface area (Å²) in [6.07, 6.45) is 0. The first-order valence-corrected chi connectivity index (χ1v) is 8.83. The predicted molar refractivity (Wildman–Crippen MR) is 107 cm³/mol. The lowest BCUT2D eigenvalue weighted by atomic mass is 9.96. The first kappa shape index (κ1) is 16.7. The normalized spacial score (nSPS) is 11.1. The molecule has 0 spiro atoms. The van der Waals surface area contributed by atoms with E-state index < -0.39 is 0 Å². The molecule has 26 heavy (non-hydrogen) atoms. The Morgan fingerprint density at radius 3 is 2.42 bits per heavy atom. The zero-order valence-corrected chi connectivity index (χ0v) is 15.3. The van der Waals surface area contributed by atoms with Crippen LogP contribution < -0.4 is 0 Å². The van der Waals surface area contributed by atoms with Gasteiger partial charge in [-0.2, -0.15) is 0 Å². The van der Waals surface area contributed by atoms with Gasteiger partial charge in [-0.15, -0.1) is 0 Å². The first-order chi connectivity index (χ1) is 12.5. The summed E-state index contributed by atoms with van der Waals surface area (Å²) < 4.78 is 14.5. The second-order valence-electron chi connectivity index (χ2n) is 6.51. The molecule has 0 saturated heterocycles. The molecule has 3 aromatic carbocycles. The Morgan fingerprint density at radius 1 is 0.808 bits per heavy atom. The van der Waals surface area contributed by atoms with E-state index in [2.05, 4.69) is 32.0 Å². The van der Waals surface area contributed by atoms with Crippen molar-refractivity contribution in [1.29, 1.82) is 0 Å². The third-order valence-corrected chi connectivity index (χ3v) is 4.84. The molecule has 0 unspecified atom stereocenters. The molecule has 0 fully saturated rings. The number of pyridine rings is 1. The molecule has 4 rings (SSSR count). The van der Waals surface area contributed by atoms with Crippen molar-refractivity contribution in [2.75, 3.05) is 0 Å². The quantitative estimate of drug-likeness (QED) is 0.375. The number of aromatic nitrogens is 1. The van der Waals surface area contributed by atoms with E-state index in [4.69, 9.17) is 16.6 Å². The summed E-state index contributed by atoms with van der Waals surface area (Å²) in [5.74, 6) is -0.258. The molecule has 0 bridgehead atoms. The van der Waals surface area contributed by atoms with Gasteiger partial charge in [0.05, 0.1) is 11.2 Å². The highest BCUT2D eigenvalue weighted by Gasteiger charge is 2.14. The maximum atomic E-state index is 14.5. The number of rotatable bonds is 2. The predicted octanol–water partition coefficient (Wildman–Crippen LogP) is 6.98. The number of aryl methyl sites for hydroxylation is 2. The van der Waals surface area contributed by atoms with Crippen LogP contribution in [0.4, 0.5) is 4.39 Å². The standard InChI is InChI=1S/C23H17ClFN/c1-14-7-8-15(2)18(11-14)23-13-19(17-5-3-4-6-21(17)25)20-12-16(24)9-10-22(20)26-23/h3-13H,1-2H3. The Morgan fingerprint density at radius 2 is 1.62 bits per heavy atom. The van der Waals surface area contributed by atoms with Crippen molar-refractivity contribution in [1.82, 2.24) is 4.98 Å². The molecule has 0 aliphatic carbocycles. The largest absolute Gasteiger partial charge is 0.248 e. The van der Waals surface area contributed by atoms with Crippen LogP contribution in [0.2, 0.25) is 5.02 Å². The number of hydrogen-bond donors (Lipinski definition) is 0. The van der Waals surface area contributed by atoms with Crippen molar-refractivity contribution in [3.05, 3.63) is 88.7 Å². The number of benzene rings is 3. The molecule has 4 aromatic rings. The Balaban J connectivity index is 2.07. The van der Waals surface area contributed by atoms with Gasteiger partial charge in [0.2, 0.25) is 0 Å². The highest BCUT2D eigenvalue weighted by atomic mass is 35.5. The minimum absolute atomic E-state index is 0.258. The smallest absolute Gasteiger partial charge is 0.131 e. The Labute approximate surface area is 157 Å². The topological polar surface area (TPSA) is 12.9 Å². The molecular weight excluding hydrogens is 345 g/mol. The zero-order valence-electron chi connectivity index (χ0n) is 14.6. The van der Waals surface area contributed by atoms with Gasteiger partial charge in [-0.3, -0.25) is 0 Å². The highest BCUT2D eigenvalue weighted by Crippen LogP contribution is 2.35. The number of nitrogens with zero attached hydrogens (tertiary/aromatic N) is 1. The van der Waals surface area contributed by atoms with E-state index in [0.717, 1.165) is 38.9 Å². The molecule has 0 N–H and O–H groups in total. The van der Waals surface area contributed by atoms with E-state index in [1.54, 1.807) is 12.1 Å². The summed E-state index contributed by atoms with van der Waals surface area (Å²) in [7, 11) is 0. The summed E-state index contributed by atoms with van der Waals surface area (Å²) >= 11 is 6.20. The second-order valence-corrected chi connectivity index (χ2v) is 6.95. The van der Waals surface area contributed by atoms with E-state index in [-0.39, 0.29) is 5.82 Å². The van der Waals surface area contributed by atoms with E-state index in [1.165, 1.54) is 6.07 Å². The van der Waals surface area contributed by atoms with Gasteiger partial charge in [-0.1, -0.05) is 47.5 Å². The minimum Gasteiger partial charge on any atom is -0.248 e. The minimum atomic E-state index is -0.258. The Kier molecular flexibility index (Phi) is 4.21. The van der Waals surface area contributed by atoms with Crippen molar-refractivity contribution in [3.8, 4) is 22.4 Å². The number of hydrogen-bond acceptors (Lipinski definition) is 1. The Hall–Kier alpha value is -2.71. The fraction of sp³-hybridized carbons (Fsp3) is 0.0870. The fourth-order valence-corrected chi connectivity index (χ4v) is 3.42. The van der Waals surface area contributed by atoms with Crippen LogP contribution >= 0.6 is 11.6 Å². The summed E-state index contributed by atoms with van der Waals surface area (Å²) in [6.45, 7) is 4.12. The number of fused-ring (bicyclic) bond motifs is 1. The summed E-state index contributed by atoms with van der Waals surface area (Å²) in [6, 6.07) is 20.6. The molecule has 1 heterocycles. The monoisotopic (exact) mass is 361 g/mol. The van der Waals surface area contributed by atoms with Gasteiger partial charge in [0, 0.05) is 21.5 Å². The lowest BCUT2D eigenvalue weighted by Crippen LogP contribution is -1.94. The molecule has 0 radical (unpaired) electrons. The van der Waals surface area contributed by atoms with Crippen LogP contribution in [0.15, 0.2) is 66.7 Å². The molecule has 0 atom stereocenters. The molecule has 0 aliphatic heterocycles. The molecule has 0 amide bonds. The van der Waals surface area contributed by atoms with Gasteiger partial charge in [-0.25, -0.2) is 9.37 Å². The molecule has 3 heteroatoms. The lowest BCUT2D eigenvalue weighted by Gasteiger charge is -2.13. The molecule has 0 aliphatic rings. The van der Waals surface area contributed by atoms with E-state index in [1.807, 2.05) is 30.3 Å². The van der Waals surface area contributed by atoms with Crippen molar-refractivity contribution in [2.45, 2.75) is 13.8 Å². The van der Waals surface area contributed by atoms with Crippen molar-refractivity contribution < 1.29 is 4.39 Å². The molecule has 128 valence electrons. The SMILES string of the molecule is Cc1ccc(C)c(-c2cc(-c3ccccc3F)c3cc(Cl)ccc3n2)c1. The van der Waals surface area contributed by atoms with Crippen molar-refractivity contribution in [2.24, 2.45) is 0 Å². The Bertz CT molecular complexity index is 1130. The van der Waals surface area contributed by atoms with Crippen LogP contribution in [0.5, 0.6) is 0 Å². The molecule has 0 saturated carbocycles. The summed E-state index contributed by atoms with van der Waals surface area (Å²) in [4.78, 5) is 4.82. The van der Waals surface area contributed by atoms with E-state index in [0.29, 0.717) is 10.6 Å². The molecular formula is C23H17ClFN. The summed E-state index contributed by atoms with van der Waals surface area (Å²) in [5.41, 5.74) is 6.33. The first-order valence-electron chi connectivity index (χ1n) is 8.46. The van der Waals surface area contributed by atoms with Gasteiger partial charge in [0.25, 0.3) is 0 Å². The van der Waals surface area contributed by atoms with Gasteiger partial charge < -0.3 is 0 Å². The van der Waals surface area contributed by atoms with Gasteiger partial charge in [-0.05, 0) is 61.4 Å². The van der Waals surface area contributed by atoms with Crippen molar-refractivity contribution in [3.63, 3.8) is 0 Å². The third-order valence-electron chi connectivity index (χ3n) is 4.60. The second kappa shape index (κ2) is 6.54. The van der Waals surface area contributed by atoms with Gasteiger partial charge >= 0.3 is 0 Å². The van der Waals surface area contributed by atoms with Crippen LogP contribution in [0.25, 0.3) is 33.3 Å². The van der Waals surface area contributed by atoms with Crippen LogP contribution in [-0.2, 0) is 0 Å². The average Bonchev–Trinajstić information content (AvgIpc) is 2.63. The van der Waals surface area contributed by atoms with Crippen LogP contribution in [0.3, 0.4) is 0 Å². The van der Waals surface area contributed by atoms with Crippen LogP contribution in [0, 0.1) is 19.7 Å². The fourth-order valence-electron chi connectivity index (χ4n) is 3.25. The molecule has 1 nitrogen and oxygen atoms in total. The lowest BCUT2D eigenvalue weighted by molar-refractivity contribution is 0.631. The van der Waals surface area contributed by atoms with Gasteiger partial charge in [0.1, 0.15) is 5.82 Å².